The predicted molar refractivity (Wildman–Crippen MR) is 94.0 cm³/mol. The van der Waals surface area contributed by atoms with Gasteiger partial charge in [-0.05, 0) is 37.1 Å². The Kier molecular flexibility index (Phi) is 6.33. The lowest BCUT2D eigenvalue weighted by Gasteiger charge is -2.12. The lowest BCUT2D eigenvalue weighted by Crippen LogP contribution is -2.05. The number of carboxylic acid groups (broad SMARTS) is 1. The molecule has 7 heteroatoms. The van der Waals surface area contributed by atoms with Crippen LogP contribution in [0.2, 0.25) is 0 Å². The molecule has 0 aliphatic rings. The number of anilines is 1. The molecule has 0 amide bonds. The quantitative estimate of drug-likeness (QED) is 0.532. The number of aliphatic carboxylic acids is 1. The second-order valence-corrected chi connectivity index (χ2v) is 5.43. The molecule has 25 heavy (non-hydrogen) atoms. The molecule has 0 unspecified atom stereocenters. The normalized spacial score (nSPS) is 10.3. The molecule has 2 rings (SSSR count). The van der Waals surface area contributed by atoms with Gasteiger partial charge in [-0.3, -0.25) is 14.9 Å². The summed E-state index contributed by atoms with van der Waals surface area (Å²) in [4.78, 5) is 21.2. The van der Waals surface area contributed by atoms with Gasteiger partial charge in [-0.1, -0.05) is 12.1 Å². The molecule has 0 aliphatic heterocycles. The molecule has 132 valence electrons. The molecule has 0 spiro atoms. The molecular formula is C18H20N2O5. The summed E-state index contributed by atoms with van der Waals surface area (Å²) in [5, 5.41) is 22.9. The molecule has 0 atom stereocenters. The van der Waals surface area contributed by atoms with Gasteiger partial charge in [-0.15, -0.1) is 0 Å². The second-order valence-electron chi connectivity index (χ2n) is 5.43. The minimum Gasteiger partial charge on any atom is -0.494 e. The van der Waals surface area contributed by atoms with Gasteiger partial charge in [0.05, 0.1) is 11.5 Å². The van der Waals surface area contributed by atoms with Crippen molar-refractivity contribution in [2.24, 2.45) is 0 Å². The number of rotatable bonds is 9. The molecule has 0 heterocycles. The van der Waals surface area contributed by atoms with Crippen LogP contribution in [0.4, 0.5) is 11.4 Å². The summed E-state index contributed by atoms with van der Waals surface area (Å²) in [5.74, 6) is -0.237. The average molecular weight is 344 g/mol. The average Bonchev–Trinajstić information content (AvgIpc) is 2.59. The van der Waals surface area contributed by atoms with Gasteiger partial charge in [0, 0.05) is 36.3 Å². The van der Waals surface area contributed by atoms with E-state index in [1.807, 2.05) is 31.2 Å². The van der Waals surface area contributed by atoms with Crippen molar-refractivity contribution in [3.63, 3.8) is 0 Å². The van der Waals surface area contributed by atoms with Crippen LogP contribution >= 0.6 is 0 Å². The van der Waals surface area contributed by atoms with Crippen LogP contribution in [0.3, 0.4) is 0 Å². The SMILES string of the molecule is CCOc1ccc([N+](=O)[O-])cc1CNc1cccc(CCC(=O)O)c1. The zero-order valence-electron chi connectivity index (χ0n) is 13.9. The summed E-state index contributed by atoms with van der Waals surface area (Å²) in [5.41, 5.74) is 2.43. The van der Waals surface area contributed by atoms with E-state index in [1.165, 1.54) is 12.1 Å². The van der Waals surface area contributed by atoms with Crippen molar-refractivity contribution in [2.75, 3.05) is 11.9 Å². The summed E-state index contributed by atoms with van der Waals surface area (Å²) in [6.45, 7) is 2.68. The van der Waals surface area contributed by atoms with Crippen LogP contribution in [0.1, 0.15) is 24.5 Å². The minimum absolute atomic E-state index is 0.00969. The van der Waals surface area contributed by atoms with E-state index in [1.54, 1.807) is 6.07 Å². The molecule has 0 radical (unpaired) electrons. The Hall–Kier alpha value is -3.09. The molecule has 0 fully saturated rings. The highest BCUT2D eigenvalue weighted by Crippen LogP contribution is 2.25. The van der Waals surface area contributed by atoms with Crippen molar-refractivity contribution in [1.82, 2.24) is 0 Å². The van der Waals surface area contributed by atoms with Crippen LogP contribution in [-0.2, 0) is 17.8 Å². The molecule has 2 N–H and O–H groups in total. The summed E-state index contributed by atoms with van der Waals surface area (Å²) >= 11 is 0. The third-order valence-corrected chi connectivity index (χ3v) is 3.59. The number of nitro groups is 1. The number of nitrogens with one attached hydrogen (secondary N) is 1. The highest BCUT2D eigenvalue weighted by atomic mass is 16.6. The van der Waals surface area contributed by atoms with Crippen LogP contribution < -0.4 is 10.1 Å². The number of hydrogen-bond donors (Lipinski definition) is 2. The lowest BCUT2D eigenvalue weighted by molar-refractivity contribution is -0.384. The smallest absolute Gasteiger partial charge is 0.303 e. The highest BCUT2D eigenvalue weighted by Gasteiger charge is 2.11. The van der Waals surface area contributed by atoms with Crippen molar-refractivity contribution >= 4 is 17.3 Å². The van der Waals surface area contributed by atoms with Gasteiger partial charge in [-0.2, -0.15) is 0 Å². The van der Waals surface area contributed by atoms with E-state index in [2.05, 4.69) is 5.32 Å². The zero-order valence-corrected chi connectivity index (χ0v) is 13.9. The number of nitro benzene ring substituents is 1. The van der Waals surface area contributed by atoms with Crippen molar-refractivity contribution in [2.45, 2.75) is 26.3 Å². The van der Waals surface area contributed by atoms with Gasteiger partial charge >= 0.3 is 5.97 Å². The molecular weight excluding hydrogens is 324 g/mol. The fourth-order valence-corrected chi connectivity index (χ4v) is 2.40. The third kappa shape index (κ3) is 5.49. The van der Waals surface area contributed by atoms with Gasteiger partial charge in [0.1, 0.15) is 5.75 Å². The summed E-state index contributed by atoms with van der Waals surface area (Å²) in [7, 11) is 0. The fraction of sp³-hybridized carbons (Fsp3) is 0.278. The lowest BCUT2D eigenvalue weighted by atomic mass is 10.1. The van der Waals surface area contributed by atoms with Gasteiger partial charge in [0.25, 0.3) is 5.69 Å². The number of benzene rings is 2. The topological polar surface area (TPSA) is 102 Å². The maximum Gasteiger partial charge on any atom is 0.303 e. The van der Waals surface area contributed by atoms with Crippen LogP contribution in [0.15, 0.2) is 42.5 Å². The number of nitrogens with zero attached hydrogens (tertiary/aromatic N) is 1. The first-order valence-electron chi connectivity index (χ1n) is 7.94. The van der Waals surface area contributed by atoms with E-state index in [4.69, 9.17) is 9.84 Å². The number of carboxylic acids is 1. The first-order valence-corrected chi connectivity index (χ1v) is 7.94. The molecule has 0 saturated carbocycles. The molecule has 2 aromatic carbocycles. The monoisotopic (exact) mass is 344 g/mol. The number of aryl methyl sites for hydroxylation is 1. The zero-order chi connectivity index (χ0) is 18.2. The van der Waals surface area contributed by atoms with Crippen LogP contribution in [-0.4, -0.2) is 22.6 Å². The van der Waals surface area contributed by atoms with Gasteiger partial charge in [0.15, 0.2) is 0 Å². The number of non-ortho nitro benzene ring substituents is 1. The van der Waals surface area contributed by atoms with Crippen molar-refractivity contribution < 1.29 is 19.6 Å². The van der Waals surface area contributed by atoms with E-state index < -0.39 is 10.9 Å². The second kappa shape index (κ2) is 8.68. The minimum atomic E-state index is -0.837. The van der Waals surface area contributed by atoms with Crippen molar-refractivity contribution in [1.29, 1.82) is 0 Å². The van der Waals surface area contributed by atoms with Gasteiger partial charge in [0.2, 0.25) is 0 Å². The van der Waals surface area contributed by atoms with Crippen LogP contribution in [0, 0.1) is 10.1 Å². The number of hydrogen-bond acceptors (Lipinski definition) is 5. The summed E-state index contributed by atoms with van der Waals surface area (Å²) in [6.07, 6.45) is 0.522. The maximum absolute atomic E-state index is 11.0. The first kappa shape index (κ1) is 18.3. The Balaban J connectivity index is 2.11. The van der Waals surface area contributed by atoms with Crippen LogP contribution in [0.5, 0.6) is 5.75 Å². The van der Waals surface area contributed by atoms with Gasteiger partial charge in [-0.25, -0.2) is 0 Å². The van der Waals surface area contributed by atoms with E-state index in [0.717, 1.165) is 11.3 Å². The Labute approximate surface area is 145 Å². The highest BCUT2D eigenvalue weighted by molar-refractivity contribution is 5.67. The molecule has 2 aromatic rings. The van der Waals surface area contributed by atoms with E-state index in [0.29, 0.717) is 30.9 Å². The Morgan fingerprint density at radius 1 is 1.28 bits per heavy atom. The van der Waals surface area contributed by atoms with Crippen LogP contribution in [0.25, 0.3) is 0 Å². The van der Waals surface area contributed by atoms with E-state index >= 15 is 0 Å². The first-order chi connectivity index (χ1) is 12.0. The van der Waals surface area contributed by atoms with Crippen molar-refractivity contribution in [3.8, 4) is 5.75 Å². The Morgan fingerprint density at radius 3 is 2.76 bits per heavy atom. The molecule has 0 aliphatic carbocycles. The maximum atomic E-state index is 11.0. The summed E-state index contributed by atoms with van der Waals surface area (Å²) in [6, 6.07) is 12.0. The summed E-state index contributed by atoms with van der Waals surface area (Å²) < 4.78 is 5.52. The number of ether oxygens (including phenoxy) is 1. The van der Waals surface area contributed by atoms with Crippen molar-refractivity contribution in [3.05, 3.63) is 63.7 Å². The molecule has 7 nitrogen and oxygen atoms in total. The van der Waals surface area contributed by atoms with E-state index in [9.17, 15) is 14.9 Å². The number of carbonyl (C=O) groups is 1. The van der Waals surface area contributed by atoms with Gasteiger partial charge < -0.3 is 15.2 Å². The van der Waals surface area contributed by atoms with E-state index in [-0.39, 0.29) is 12.1 Å². The molecule has 0 bridgehead atoms. The molecule has 0 aromatic heterocycles. The predicted octanol–water partition coefficient (Wildman–Crippen LogP) is 3.62. The standard InChI is InChI=1S/C18H20N2O5/c1-2-25-17-8-7-16(20(23)24)11-14(17)12-19-15-5-3-4-13(10-15)6-9-18(21)22/h3-5,7-8,10-11,19H,2,6,9,12H2,1H3,(H,21,22). The Morgan fingerprint density at radius 2 is 2.08 bits per heavy atom. The molecule has 0 saturated heterocycles. The fourth-order valence-electron chi connectivity index (χ4n) is 2.40. The third-order valence-electron chi connectivity index (χ3n) is 3.59. The largest absolute Gasteiger partial charge is 0.494 e. The Bertz CT molecular complexity index is 761.